The van der Waals surface area contributed by atoms with Crippen molar-refractivity contribution in [3.63, 3.8) is 0 Å². The predicted molar refractivity (Wildman–Crippen MR) is 70.3 cm³/mol. The molecule has 1 aliphatic heterocycles. The van der Waals surface area contributed by atoms with E-state index in [1.54, 1.807) is 12.1 Å². The number of rotatable bonds is 1. The van der Waals surface area contributed by atoms with E-state index in [-0.39, 0.29) is 27.7 Å². The predicted octanol–water partition coefficient (Wildman–Crippen LogP) is 1.24. The minimum atomic E-state index is -0.727. The molecule has 8 heteroatoms. The van der Waals surface area contributed by atoms with E-state index in [0.29, 0.717) is 5.76 Å². The molecule has 0 bridgehead atoms. The molecule has 4 N–H and O–H groups in total. The standard InChI is InChI=1S/C12H8N4O3S/c13-4-5-7(6-2-1-3-18-6)8-10(17)15-12(20)16-11(8)19-9(5)14/h1-3,7H,14H2,(H2,15,16,17,20)/t7-/m1/s1. The summed E-state index contributed by atoms with van der Waals surface area (Å²) in [4.78, 5) is 17.3. The van der Waals surface area contributed by atoms with Crippen LogP contribution in [0.2, 0.25) is 0 Å². The second-order valence-electron chi connectivity index (χ2n) is 4.09. The maximum absolute atomic E-state index is 12.1. The average molecular weight is 288 g/mol. The van der Waals surface area contributed by atoms with Crippen molar-refractivity contribution in [3.05, 3.63) is 56.3 Å². The van der Waals surface area contributed by atoms with Crippen LogP contribution in [0.4, 0.5) is 0 Å². The number of hydrogen-bond acceptors (Lipinski definition) is 6. The first-order chi connectivity index (χ1) is 9.61. The lowest BCUT2D eigenvalue weighted by Crippen LogP contribution is -2.28. The van der Waals surface area contributed by atoms with Gasteiger partial charge in [0.25, 0.3) is 5.56 Å². The number of allylic oxidation sites excluding steroid dienone is 1. The lowest BCUT2D eigenvalue weighted by molar-refractivity contribution is 0.366. The van der Waals surface area contributed by atoms with Crippen LogP contribution in [0, 0.1) is 16.1 Å². The van der Waals surface area contributed by atoms with Gasteiger partial charge >= 0.3 is 0 Å². The van der Waals surface area contributed by atoms with Crippen molar-refractivity contribution < 1.29 is 9.15 Å². The molecule has 0 fully saturated rings. The van der Waals surface area contributed by atoms with E-state index in [2.05, 4.69) is 9.97 Å². The van der Waals surface area contributed by atoms with E-state index in [1.165, 1.54) is 6.26 Å². The Morgan fingerprint density at radius 1 is 1.45 bits per heavy atom. The number of nitrogens with one attached hydrogen (secondary N) is 2. The monoisotopic (exact) mass is 288 g/mol. The molecule has 0 saturated heterocycles. The van der Waals surface area contributed by atoms with Crippen LogP contribution in [0.25, 0.3) is 0 Å². The van der Waals surface area contributed by atoms with Crippen LogP contribution in [0.1, 0.15) is 17.2 Å². The zero-order valence-electron chi connectivity index (χ0n) is 9.97. The molecule has 0 aliphatic carbocycles. The quantitative estimate of drug-likeness (QED) is 0.679. The third-order valence-electron chi connectivity index (χ3n) is 2.95. The molecular weight excluding hydrogens is 280 g/mol. The number of nitriles is 1. The molecule has 0 spiro atoms. The summed E-state index contributed by atoms with van der Waals surface area (Å²) in [5.41, 5.74) is 5.60. The third-order valence-corrected chi connectivity index (χ3v) is 3.15. The number of aromatic nitrogens is 2. The Kier molecular flexibility index (Phi) is 2.69. The first-order valence-corrected chi connectivity index (χ1v) is 6.00. The Hall–Kier alpha value is -2.79. The fourth-order valence-corrected chi connectivity index (χ4v) is 2.31. The summed E-state index contributed by atoms with van der Waals surface area (Å²) in [5, 5.41) is 9.25. The number of nitrogens with zero attached hydrogens (tertiary/aromatic N) is 1. The molecule has 2 aromatic rings. The third kappa shape index (κ3) is 1.72. The van der Waals surface area contributed by atoms with Gasteiger partial charge in [0.15, 0.2) is 4.77 Å². The van der Waals surface area contributed by atoms with Gasteiger partial charge in [-0.2, -0.15) is 5.26 Å². The van der Waals surface area contributed by atoms with Crippen LogP contribution >= 0.6 is 12.2 Å². The van der Waals surface area contributed by atoms with Crippen molar-refractivity contribution in [2.45, 2.75) is 5.92 Å². The van der Waals surface area contributed by atoms with Crippen molar-refractivity contribution in [1.82, 2.24) is 9.97 Å². The number of furan rings is 1. The minimum Gasteiger partial charge on any atom is -0.468 e. The summed E-state index contributed by atoms with van der Waals surface area (Å²) >= 11 is 4.88. The highest BCUT2D eigenvalue weighted by Gasteiger charge is 2.35. The van der Waals surface area contributed by atoms with Crippen molar-refractivity contribution >= 4 is 12.2 Å². The van der Waals surface area contributed by atoms with Crippen LogP contribution in [0.15, 0.2) is 39.1 Å². The second kappa shape index (κ2) is 4.40. The fraction of sp³-hybridized carbons (Fsp3) is 0.0833. The van der Waals surface area contributed by atoms with Gasteiger partial charge < -0.3 is 19.9 Å². The highest BCUT2D eigenvalue weighted by atomic mass is 32.1. The van der Waals surface area contributed by atoms with E-state index in [0.717, 1.165) is 0 Å². The maximum atomic E-state index is 12.1. The largest absolute Gasteiger partial charge is 0.468 e. The van der Waals surface area contributed by atoms with Crippen molar-refractivity contribution in [1.29, 1.82) is 5.26 Å². The van der Waals surface area contributed by atoms with E-state index in [1.807, 2.05) is 6.07 Å². The van der Waals surface area contributed by atoms with Crippen molar-refractivity contribution in [3.8, 4) is 11.9 Å². The molecule has 3 rings (SSSR count). The van der Waals surface area contributed by atoms with Gasteiger partial charge in [0.2, 0.25) is 11.8 Å². The van der Waals surface area contributed by atoms with Gasteiger partial charge in [-0.15, -0.1) is 0 Å². The van der Waals surface area contributed by atoms with Crippen LogP contribution in [0.3, 0.4) is 0 Å². The van der Waals surface area contributed by atoms with Crippen molar-refractivity contribution in [2.75, 3.05) is 0 Å². The summed E-state index contributed by atoms with van der Waals surface area (Å²) < 4.78 is 10.7. The Morgan fingerprint density at radius 3 is 2.90 bits per heavy atom. The summed E-state index contributed by atoms with van der Waals surface area (Å²) in [7, 11) is 0. The molecule has 7 nitrogen and oxygen atoms in total. The molecule has 0 unspecified atom stereocenters. The SMILES string of the molecule is N#CC1=C(N)Oc2[nH]c(=S)[nH]c(=O)c2[C@H]1c1ccco1. The van der Waals surface area contributed by atoms with E-state index < -0.39 is 11.5 Å². The molecule has 100 valence electrons. The summed E-state index contributed by atoms with van der Waals surface area (Å²) in [6.45, 7) is 0. The van der Waals surface area contributed by atoms with Gasteiger partial charge in [-0.05, 0) is 24.4 Å². The number of hydrogen-bond donors (Lipinski definition) is 3. The van der Waals surface area contributed by atoms with Gasteiger partial charge in [-0.3, -0.25) is 9.78 Å². The Labute approximate surface area is 117 Å². The number of aromatic amines is 2. The number of fused-ring (bicyclic) bond motifs is 1. The van der Waals surface area contributed by atoms with E-state index >= 15 is 0 Å². The van der Waals surface area contributed by atoms with Crippen LogP contribution in [0.5, 0.6) is 5.88 Å². The van der Waals surface area contributed by atoms with Crippen LogP contribution < -0.4 is 16.0 Å². The van der Waals surface area contributed by atoms with Crippen LogP contribution in [-0.2, 0) is 0 Å². The molecule has 0 amide bonds. The summed E-state index contributed by atoms with van der Waals surface area (Å²) in [6.07, 6.45) is 1.45. The Morgan fingerprint density at radius 2 is 2.25 bits per heavy atom. The topological polar surface area (TPSA) is 121 Å². The van der Waals surface area contributed by atoms with Gasteiger partial charge in [0.1, 0.15) is 17.4 Å². The normalized spacial score (nSPS) is 17.2. The lowest BCUT2D eigenvalue weighted by atomic mass is 9.89. The van der Waals surface area contributed by atoms with Gasteiger partial charge in [-0.25, -0.2) is 0 Å². The lowest BCUT2D eigenvalue weighted by Gasteiger charge is -2.23. The zero-order valence-corrected chi connectivity index (χ0v) is 10.8. The average Bonchev–Trinajstić information content (AvgIpc) is 2.90. The molecular formula is C12H8N4O3S. The Bertz CT molecular complexity index is 854. The molecule has 0 saturated carbocycles. The molecule has 0 radical (unpaired) electrons. The number of H-pyrrole nitrogens is 2. The molecule has 0 aromatic carbocycles. The maximum Gasteiger partial charge on any atom is 0.259 e. The van der Waals surface area contributed by atoms with Crippen molar-refractivity contribution in [2.24, 2.45) is 5.73 Å². The van der Waals surface area contributed by atoms with E-state index in [9.17, 15) is 10.1 Å². The van der Waals surface area contributed by atoms with Gasteiger partial charge in [0, 0.05) is 0 Å². The minimum absolute atomic E-state index is 0.0855. The van der Waals surface area contributed by atoms with Gasteiger partial charge in [-0.1, -0.05) is 0 Å². The second-order valence-corrected chi connectivity index (χ2v) is 4.50. The Balaban J connectivity index is 2.35. The molecule has 20 heavy (non-hydrogen) atoms. The zero-order chi connectivity index (χ0) is 14.3. The smallest absolute Gasteiger partial charge is 0.259 e. The number of ether oxygens (including phenoxy) is 1. The fourth-order valence-electron chi connectivity index (χ4n) is 2.13. The summed E-state index contributed by atoms with van der Waals surface area (Å²) in [6, 6.07) is 5.27. The van der Waals surface area contributed by atoms with E-state index in [4.69, 9.17) is 27.1 Å². The van der Waals surface area contributed by atoms with Crippen LogP contribution in [-0.4, -0.2) is 9.97 Å². The number of nitrogens with two attached hydrogens (primary N) is 1. The highest BCUT2D eigenvalue weighted by molar-refractivity contribution is 7.71. The molecule has 1 atom stereocenters. The first-order valence-electron chi connectivity index (χ1n) is 5.59. The van der Waals surface area contributed by atoms with Gasteiger partial charge in [0.05, 0.1) is 17.7 Å². The molecule has 1 aliphatic rings. The highest BCUT2D eigenvalue weighted by Crippen LogP contribution is 2.38. The molecule has 3 heterocycles. The first kappa shape index (κ1) is 12.3. The summed E-state index contributed by atoms with van der Waals surface area (Å²) in [5.74, 6) is -0.270. The molecule has 2 aromatic heterocycles.